The summed E-state index contributed by atoms with van der Waals surface area (Å²) in [6, 6.07) is 8.58. The molecule has 2 aromatic carbocycles. The largest absolute Gasteiger partial charge is 0.443 e. The zero-order chi connectivity index (χ0) is 18.4. The summed E-state index contributed by atoms with van der Waals surface area (Å²) >= 11 is 0. The fraction of sp³-hybridized carbons (Fsp3) is 0.250. The van der Waals surface area contributed by atoms with E-state index in [0.29, 0.717) is 11.1 Å². The number of rotatable bonds is 8. The quantitative estimate of drug-likeness (QED) is 0.529. The van der Waals surface area contributed by atoms with Gasteiger partial charge in [-0.3, -0.25) is 20.2 Å². The van der Waals surface area contributed by atoms with E-state index in [9.17, 15) is 20.2 Å². The Balaban J connectivity index is 2.41. The second kappa shape index (κ2) is 8.18. The van der Waals surface area contributed by atoms with Crippen LogP contribution in [0.1, 0.15) is 11.1 Å². The molecule has 0 unspecified atom stereocenters. The molecule has 0 bridgehead atoms. The summed E-state index contributed by atoms with van der Waals surface area (Å²) in [5.41, 5.74) is 0.576. The lowest BCUT2D eigenvalue weighted by molar-refractivity contribution is -0.387. The minimum Gasteiger partial charge on any atom is -0.443 e. The van der Waals surface area contributed by atoms with Gasteiger partial charge in [-0.05, 0) is 23.3 Å². The van der Waals surface area contributed by atoms with Crippen molar-refractivity contribution in [2.45, 2.75) is 13.2 Å². The van der Waals surface area contributed by atoms with Gasteiger partial charge in [0.2, 0.25) is 11.5 Å². The average Bonchev–Trinajstić information content (AvgIpc) is 2.57. The van der Waals surface area contributed by atoms with Crippen LogP contribution < -0.4 is 4.74 Å². The molecule has 0 heterocycles. The molecule has 0 aliphatic carbocycles. The lowest BCUT2D eigenvalue weighted by Gasteiger charge is -2.09. The van der Waals surface area contributed by atoms with Gasteiger partial charge in [0.05, 0.1) is 23.1 Å². The molecule has 9 heteroatoms. The molecule has 0 amide bonds. The van der Waals surface area contributed by atoms with E-state index in [1.807, 2.05) is 0 Å². The molecule has 0 atom stereocenters. The number of benzene rings is 2. The maximum absolute atomic E-state index is 11.3. The van der Waals surface area contributed by atoms with Gasteiger partial charge in [0.1, 0.15) is 0 Å². The van der Waals surface area contributed by atoms with Crippen LogP contribution in [0.4, 0.5) is 11.4 Å². The second-order valence-corrected chi connectivity index (χ2v) is 5.09. The number of methoxy groups -OCH3 is 2. The van der Waals surface area contributed by atoms with E-state index in [0.717, 1.165) is 0 Å². The maximum atomic E-state index is 11.3. The highest BCUT2D eigenvalue weighted by Crippen LogP contribution is 2.37. The SMILES string of the molecule is COCc1ccc(Oc2ccc(COC)cc2[N+](=O)[O-])c([N+](=O)[O-])c1. The Morgan fingerprint density at radius 1 is 0.800 bits per heavy atom. The van der Waals surface area contributed by atoms with Crippen molar-refractivity contribution >= 4 is 11.4 Å². The van der Waals surface area contributed by atoms with Gasteiger partial charge in [-0.15, -0.1) is 0 Å². The summed E-state index contributed by atoms with van der Waals surface area (Å²) in [7, 11) is 2.95. The molecule has 0 N–H and O–H groups in total. The molecule has 132 valence electrons. The van der Waals surface area contributed by atoms with Crippen molar-refractivity contribution in [1.82, 2.24) is 0 Å². The number of hydrogen-bond acceptors (Lipinski definition) is 7. The highest BCUT2D eigenvalue weighted by molar-refractivity contribution is 5.55. The van der Waals surface area contributed by atoms with Crippen LogP contribution in [-0.2, 0) is 22.7 Å². The Labute approximate surface area is 143 Å². The number of nitro groups is 2. The molecule has 2 aromatic rings. The molecular formula is C16H16N2O7. The van der Waals surface area contributed by atoms with E-state index in [1.165, 1.54) is 38.5 Å². The van der Waals surface area contributed by atoms with Crippen LogP contribution >= 0.6 is 0 Å². The van der Waals surface area contributed by atoms with Crippen LogP contribution in [0.15, 0.2) is 36.4 Å². The van der Waals surface area contributed by atoms with E-state index in [1.54, 1.807) is 12.1 Å². The first-order valence-corrected chi connectivity index (χ1v) is 7.16. The monoisotopic (exact) mass is 348 g/mol. The van der Waals surface area contributed by atoms with Gasteiger partial charge in [-0.2, -0.15) is 0 Å². The third-order valence-corrected chi connectivity index (χ3v) is 3.28. The lowest BCUT2D eigenvalue weighted by Crippen LogP contribution is -1.99. The maximum Gasteiger partial charge on any atom is 0.311 e. The van der Waals surface area contributed by atoms with Crippen LogP contribution in [0.2, 0.25) is 0 Å². The van der Waals surface area contributed by atoms with Gasteiger partial charge in [-0.25, -0.2) is 0 Å². The van der Waals surface area contributed by atoms with Crippen molar-refractivity contribution in [3.63, 3.8) is 0 Å². The van der Waals surface area contributed by atoms with Crippen LogP contribution in [0.5, 0.6) is 11.5 Å². The van der Waals surface area contributed by atoms with Gasteiger partial charge in [0, 0.05) is 26.4 Å². The number of ether oxygens (including phenoxy) is 3. The van der Waals surface area contributed by atoms with Crippen LogP contribution in [-0.4, -0.2) is 24.1 Å². The van der Waals surface area contributed by atoms with Crippen molar-refractivity contribution in [3.05, 3.63) is 67.8 Å². The predicted molar refractivity (Wildman–Crippen MR) is 87.7 cm³/mol. The number of nitro benzene ring substituents is 2. The van der Waals surface area contributed by atoms with Crippen LogP contribution in [0, 0.1) is 20.2 Å². The zero-order valence-corrected chi connectivity index (χ0v) is 13.6. The van der Waals surface area contributed by atoms with Gasteiger partial charge >= 0.3 is 11.4 Å². The Bertz CT molecular complexity index is 727. The normalized spacial score (nSPS) is 10.5. The fourth-order valence-electron chi connectivity index (χ4n) is 2.22. The highest BCUT2D eigenvalue weighted by atomic mass is 16.6. The molecular weight excluding hydrogens is 332 g/mol. The van der Waals surface area contributed by atoms with Gasteiger partial charge < -0.3 is 14.2 Å². The minimum absolute atomic E-state index is 0.0903. The molecule has 9 nitrogen and oxygen atoms in total. The van der Waals surface area contributed by atoms with E-state index in [-0.39, 0.29) is 36.1 Å². The third kappa shape index (κ3) is 4.49. The molecule has 0 radical (unpaired) electrons. The Morgan fingerprint density at radius 3 is 1.52 bits per heavy atom. The van der Waals surface area contributed by atoms with Crippen LogP contribution in [0.3, 0.4) is 0 Å². The van der Waals surface area contributed by atoms with Gasteiger partial charge in [0.25, 0.3) is 0 Å². The van der Waals surface area contributed by atoms with E-state index >= 15 is 0 Å². The van der Waals surface area contributed by atoms with E-state index in [4.69, 9.17) is 14.2 Å². The topological polar surface area (TPSA) is 114 Å². The minimum atomic E-state index is -0.611. The molecule has 0 fully saturated rings. The van der Waals surface area contributed by atoms with Crippen molar-refractivity contribution in [2.75, 3.05) is 14.2 Å². The predicted octanol–water partition coefficient (Wildman–Crippen LogP) is 3.59. The third-order valence-electron chi connectivity index (χ3n) is 3.28. The first kappa shape index (κ1) is 18.3. The Morgan fingerprint density at radius 2 is 1.20 bits per heavy atom. The van der Waals surface area contributed by atoms with E-state index in [2.05, 4.69) is 0 Å². The van der Waals surface area contributed by atoms with E-state index < -0.39 is 9.85 Å². The van der Waals surface area contributed by atoms with Crippen molar-refractivity contribution in [1.29, 1.82) is 0 Å². The lowest BCUT2D eigenvalue weighted by atomic mass is 10.2. The second-order valence-electron chi connectivity index (χ2n) is 5.09. The highest BCUT2D eigenvalue weighted by Gasteiger charge is 2.22. The number of nitrogens with zero attached hydrogens (tertiary/aromatic N) is 2. The molecule has 2 rings (SSSR count). The average molecular weight is 348 g/mol. The summed E-state index contributed by atoms with van der Waals surface area (Å²) in [6.45, 7) is 0.403. The fourth-order valence-corrected chi connectivity index (χ4v) is 2.22. The zero-order valence-electron chi connectivity index (χ0n) is 13.6. The molecule has 0 aromatic heterocycles. The van der Waals surface area contributed by atoms with Gasteiger partial charge in [-0.1, -0.05) is 12.1 Å². The Kier molecular flexibility index (Phi) is 5.98. The summed E-state index contributed by atoms with van der Waals surface area (Å²) in [4.78, 5) is 21.3. The smallest absolute Gasteiger partial charge is 0.311 e. The van der Waals surface area contributed by atoms with Gasteiger partial charge in [0.15, 0.2) is 0 Å². The first-order chi connectivity index (χ1) is 12.0. The van der Waals surface area contributed by atoms with Crippen molar-refractivity contribution < 1.29 is 24.1 Å². The molecule has 0 spiro atoms. The molecule has 0 saturated carbocycles. The standard InChI is InChI=1S/C16H16N2O7/c1-23-9-11-3-5-15(13(7-11)17(19)20)25-16-6-4-12(10-24-2)8-14(16)18(21)22/h3-8H,9-10H2,1-2H3. The van der Waals surface area contributed by atoms with Crippen LogP contribution in [0.25, 0.3) is 0 Å². The molecule has 0 saturated heterocycles. The molecule has 0 aliphatic heterocycles. The summed E-state index contributed by atoms with van der Waals surface area (Å²) in [5, 5.41) is 22.5. The summed E-state index contributed by atoms with van der Waals surface area (Å²) in [5.74, 6) is -0.181. The summed E-state index contributed by atoms with van der Waals surface area (Å²) < 4.78 is 15.4. The summed E-state index contributed by atoms with van der Waals surface area (Å²) in [6.07, 6.45) is 0. The van der Waals surface area contributed by atoms with Crippen molar-refractivity contribution in [3.8, 4) is 11.5 Å². The van der Waals surface area contributed by atoms with Crippen molar-refractivity contribution in [2.24, 2.45) is 0 Å². The first-order valence-electron chi connectivity index (χ1n) is 7.16. The number of hydrogen-bond donors (Lipinski definition) is 0. The molecule has 25 heavy (non-hydrogen) atoms. The molecule has 0 aliphatic rings. The Hall–Kier alpha value is -3.04.